The van der Waals surface area contributed by atoms with Crippen molar-refractivity contribution in [3.05, 3.63) is 29.6 Å². The lowest BCUT2D eigenvalue weighted by Gasteiger charge is -2.10. The van der Waals surface area contributed by atoms with Gasteiger partial charge in [-0.1, -0.05) is 0 Å². The molecule has 0 bridgehead atoms. The Hall–Kier alpha value is -2.54. The molecule has 2 N–H and O–H groups in total. The van der Waals surface area contributed by atoms with Gasteiger partial charge in [0, 0.05) is 18.2 Å². The summed E-state index contributed by atoms with van der Waals surface area (Å²) in [7, 11) is 3.16. The highest BCUT2D eigenvalue weighted by molar-refractivity contribution is 7.16. The molecule has 0 saturated heterocycles. The van der Waals surface area contributed by atoms with E-state index in [9.17, 15) is 0 Å². The van der Waals surface area contributed by atoms with Crippen LogP contribution in [-0.4, -0.2) is 24.2 Å². The van der Waals surface area contributed by atoms with Crippen molar-refractivity contribution in [1.82, 2.24) is 9.97 Å². The summed E-state index contributed by atoms with van der Waals surface area (Å²) in [5.41, 5.74) is 5.70. The number of nitrogen functional groups attached to an aromatic ring is 1. The minimum absolute atomic E-state index is 0.176. The minimum atomic E-state index is 0.176. The average Bonchev–Trinajstić information content (AvgIpc) is 2.95. The molecule has 2 heterocycles. The second-order valence-corrected chi connectivity index (χ2v) is 5.07. The summed E-state index contributed by atoms with van der Waals surface area (Å²) < 4.78 is 16.3. The molecular formula is C14H13N3O3S. The molecule has 0 atom stereocenters. The molecule has 0 radical (unpaired) electrons. The third-order valence-corrected chi connectivity index (χ3v) is 3.65. The van der Waals surface area contributed by atoms with Gasteiger partial charge in [0.05, 0.1) is 19.6 Å². The van der Waals surface area contributed by atoms with Crippen LogP contribution in [0.1, 0.15) is 0 Å². The number of nitrogens with two attached hydrogens (primary N) is 1. The van der Waals surface area contributed by atoms with E-state index >= 15 is 0 Å². The van der Waals surface area contributed by atoms with Gasteiger partial charge in [0.25, 0.3) is 0 Å². The topological polar surface area (TPSA) is 79.5 Å². The predicted molar refractivity (Wildman–Crippen MR) is 81.4 cm³/mol. The molecule has 0 unspecified atom stereocenters. The number of ether oxygens (including phenoxy) is 3. The number of benzene rings is 1. The van der Waals surface area contributed by atoms with Crippen LogP contribution in [0.15, 0.2) is 29.6 Å². The lowest BCUT2D eigenvalue weighted by atomic mass is 10.3. The fourth-order valence-corrected chi connectivity index (χ4v) is 2.64. The lowest BCUT2D eigenvalue weighted by Crippen LogP contribution is -1.97. The molecule has 0 amide bonds. The van der Waals surface area contributed by atoms with Crippen molar-refractivity contribution < 1.29 is 14.2 Å². The third-order valence-electron chi connectivity index (χ3n) is 2.85. The van der Waals surface area contributed by atoms with Gasteiger partial charge in [-0.25, -0.2) is 4.98 Å². The Balaban J connectivity index is 2.03. The standard InChI is InChI=1S/C14H13N3O3S/c1-18-8-5-9(19-2)7-10(6-8)20-12-11-3-4-21-13(11)17-14(15)16-12/h3-7H,1-2H3,(H2,15,16,17). The summed E-state index contributed by atoms with van der Waals surface area (Å²) in [6.07, 6.45) is 0. The van der Waals surface area contributed by atoms with Crippen molar-refractivity contribution in [2.24, 2.45) is 0 Å². The molecule has 2 aromatic heterocycles. The van der Waals surface area contributed by atoms with Crippen LogP contribution in [-0.2, 0) is 0 Å². The number of methoxy groups -OCH3 is 2. The summed E-state index contributed by atoms with van der Waals surface area (Å²) in [5, 5.41) is 2.73. The van der Waals surface area contributed by atoms with E-state index < -0.39 is 0 Å². The normalized spacial score (nSPS) is 10.6. The lowest BCUT2D eigenvalue weighted by molar-refractivity contribution is 0.385. The number of fused-ring (bicyclic) bond motifs is 1. The maximum absolute atomic E-state index is 5.83. The van der Waals surface area contributed by atoms with E-state index in [1.807, 2.05) is 11.4 Å². The number of nitrogens with zero attached hydrogens (tertiary/aromatic N) is 2. The molecule has 3 aromatic rings. The van der Waals surface area contributed by atoms with Crippen molar-refractivity contribution in [3.63, 3.8) is 0 Å². The van der Waals surface area contributed by atoms with Crippen LogP contribution in [0.4, 0.5) is 5.95 Å². The fourth-order valence-electron chi connectivity index (χ4n) is 1.87. The average molecular weight is 303 g/mol. The zero-order valence-corrected chi connectivity index (χ0v) is 12.3. The van der Waals surface area contributed by atoms with Gasteiger partial charge in [-0.2, -0.15) is 4.98 Å². The molecule has 0 aliphatic heterocycles. The van der Waals surface area contributed by atoms with E-state index in [0.717, 1.165) is 10.2 Å². The van der Waals surface area contributed by atoms with Crippen LogP contribution < -0.4 is 19.9 Å². The molecule has 21 heavy (non-hydrogen) atoms. The minimum Gasteiger partial charge on any atom is -0.496 e. The number of anilines is 1. The smallest absolute Gasteiger partial charge is 0.232 e. The zero-order valence-electron chi connectivity index (χ0n) is 11.5. The van der Waals surface area contributed by atoms with Gasteiger partial charge >= 0.3 is 0 Å². The molecule has 108 valence electrons. The van der Waals surface area contributed by atoms with E-state index in [1.165, 1.54) is 11.3 Å². The van der Waals surface area contributed by atoms with Gasteiger partial charge < -0.3 is 19.9 Å². The van der Waals surface area contributed by atoms with E-state index in [1.54, 1.807) is 32.4 Å². The van der Waals surface area contributed by atoms with Crippen LogP contribution in [0.3, 0.4) is 0 Å². The molecular weight excluding hydrogens is 290 g/mol. The van der Waals surface area contributed by atoms with Crippen LogP contribution in [0, 0.1) is 0 Å². The Morgan fingerprint density at radius 2 is 1.67 bits per heavy atom. The largest absolute Gasteiger partial charge is 0.496 e. The first-order chi connectivity index (χ1) is 10.2. The molecule has 0 fully saturated rings. The number of thiophene rings is 1. The van der Waals surface area contributed by atoms with E-state index in [0.29, 0.717) is 23.1 Å². The summed E-state index contributed by atoms with van der Waals surface area (Å²) in [6.45, 7) is 0. The fraction of sp³-hybridized carbons (Fsp3) is 0.143. The van der Waals surface area contributed by atoms with Gasteiger partial charge in [0.1, 0.15) is 22.1 Å². The monoisotopic (exact) mass is 303 g/mol. The van der Waals surface area contributed by atoms with Gasteiger partial charge in [-0.15, -0.1) is 11.3 Å². The summed E-state index contributed by atoms with van der Waals surface area (Å²) in [4.78, 5) is 9.10. The Morgan fingerprint density at radius 3 is 2.33 bits per heavy atom. The first kappa shape index (κ1) is 13.4. The predicted octanol–water partition coefficient (Wildman–Crippen LogP) is 3.08. The zero-order chi connectivity index (χ0) is 14.8. The summed E-state index contributed by atoms with van der Waals surface area (Å²) >= 11 is 1.48. The number of aromatic nitrogens is 2. The van der Waals surface area contributed by atoms with Crippen LogP contribution in [0.25, 0.3) is 10.2 Å². The Kier molecular flexibility index (Phi) is 3.49. The summed E-state index contributed by atoms with van der Waals surface area (Å²) in [6, 6.07) is 7.16. The summed E-state index contributed by atoms with van der Waals surface area (Å²) in [5.74, 6) is 2.40. The Labute approximate surface area is 125 Å². The van der Waals surface area contributed by atoms with Crippen LogP contribution in [0.2, 0.25) is 0 Å². The molecule has 1 aromatic carbocycles. The Bertz CT molecular complexity index is 766. The highest BCUT2D eigenvalue weighted by Crippen LogP contribution is 2.34. The molecule has 0 saturated carbocycles. The van der Waals surface area contributed by atoms with E-state index in [4.69, 9.17) is 19.9 Å². The van der Waals surface area contributed by atoms with Crippen molar-refractivity contribution in [1.29, 1.82) is 0 Å². The van der Waals surface area contributed by atoms with Gasteiger partial charge in [-0.05, 0) is 11.4 Å². The molecule has 7 heteroatoms. The van der Waals surface area contributed by atoms with E-state index in [-0.39, 0.29) is 5.95 Å². The second-order valence-electron chi connectivity index (χ2n) is 4.18. The SMILES string of the molecule is COc1cc(OC)cc(Oc2nc(N)nc3sccc23)c1. The third kappa shape index (κ3) is 2.68. The first-order valence-corrected chi connectivity index (χ1v) is 6.99. The molecule has 0 aliphatic rings. The van der Waals surface area contributed by atoms with Crippen molar-refractivity contribution in [3.8, 4) is 23.1 Å². The van der Waals surface area contributed by atoms with Gasteiger partial charge in [-0.3, -0.25) is 0 Å². The maximum atomic E-state index is 5.83. The quantitative estimate of drug-likeness (QED) is 0.798. The van der Waals surface area contributed by atoms with Gasteiger partial charge in [0.2, 0.25) is 11.8 Å². The van der Waals surface area contributed by atoms with Gasteiger partial charge in [0.15, 0.2) is 0 Å². The first-order valence-electron chi connectivity index (χ1n) is 6.11. The highest BCUT2D eigenvalue weighted by Gasteiger charge is 2.11. The molecule has 0 spiro atoms. The van der Waals surface area contributed by atoms with Crippen molar-refractivity contribution >= 4 is 27.5 Å². The van der Waals surface area contributed by atoms with Crippen LogP contribution in [0.5, 0.6) is 23.1 Å². The Morgan fingerprint density at radius 1 is 1.00 bits per heavy atom. The number of hydrogen-bond donors (Lipinski definition) is 1. The molecule has 6 nitrogen and oxygen atoms in total. The second kappa shape index (κ2) is 5.45. The van der Waals surface area contributed by atoms with Crippen LogP contribution >= 0.6 is 11.3 Å². The highest BCUT2D eigenvalue weighted by atomic mass is 32.1. The maximum Gasteiger partial charge on any atom is 0.232 e. The van der Waals surface area contributed by atoms with Crippen molar-refractivity contribution in [2.45, 2.75) is 0 Å². The number of rotatable bonds is 4. The van der Waals surface area contributed by atoms with Crippen molar-refractivity contribution in [2.75, 3.05) is 20.0 Å². The number of hydrogen-bond acceptors (Lipinski definition) is 7. The van der Waals surface area contributed by atoms with E-state index in [2.05, 4.69) is 9.97 Å². The molecule has 0 aliphatic carbocycles. The molecule has 3 rings (SSSR count).